The molecule has 26 heavy (non-hydrogen) atoms. The molecule has 2 atom stereocenters. The lowest BCUT2D eigenvalue weighted by atomic mass is 10.0. The molecule has 0 unspecified atom stereocenters. The number of aromatic nitrogens is 3. The molecule has 8 nitrogen and oxygen atoms in total. The summed E-state index contributed by atoms with van der Waals surface area (Å²) in [6.07, 6.45) is 6.69. The van der Waals surface area contributed by atoms with Crippen molar-refractivity contribution in [3.05, 3.63) is 48.7 Å². The maximum atomic E-state index is 12.3. The summed E-state index contributed by atoms with van der Waals surface area (Å²) in [7, 11) is 1.88. The van der Waals surface area contributed by atoms with Crippen LogP contribution in [-0.4, -0.2) is 69.7 Å². The Balaban J connectivity index is 1.46. The number of nitrogens with zero attached hydrogens (tertiary/aromatic N) is 5. The van der Waals surface area contributed by atoms with E-state index < -0.39 is 6.10 Å². The van der Waals surface area contributed by atoms with Crippen molar-refractivity contribution in [2.75, 3.05) is 31.6 Å². The van der Waals surface area contributed by atoms with Crippen molar-refractivity contribution in [1.82, 2.24) is 25.2 Å². The topological polar surface area (TPSA) is 94.5 Å². The molecule has 8 heteroatoms. The molecule has 3 heterocycles. The highest BCUT2D eigenvalue weighted by Gasteiger charge is 2.29. The van der Waals surface area contributed by atoms with E-state index in [2.05, 4.69) is 20.3 Å². The highest BCUT2D eigenvalue weighted by molar-refractivity contribution is 5.78. The fourth-order valence-corrected chi connectivity index (χ4v) is 3.08. The predicted molar refractivity (Wildman–Crippen MR) is 97.4 cm³/mol. The van der Waals surface area contributed by atoms with Crippen LogP contribution in [0, 0.1) is 0 Å². The number of rotatable bonds is 6. The Morgan fingerprint density at radius 3 is 2.92 bits per heavy atom. The first-order valence-corrected chi connectivity index (χ1v) is 8.68. The number of likely N-dealkylation sites (N-methyl/N-ethyl adjacent to an activating group) is 1. The number of hydrogen-bond donors (Lipinski definition) is 2. The minimum absolute atomic E-state index is 0.0968. The number of nitrogens with one attached hydrogen (secondary N) is 1. The molecule has 0 saturated carbocycles. The lowest BCUT2D eigenvalue weighted by Gasteiger charge is -2.36. The number of piperidine rings is 1. The monoisotopic (exact) mass is 356 g/mol. The van der Waals surface area contributed by atoms with Crippen molar-refractivity contribution in [2.45, 2.75) is 25.1 Å². The molecule has 3 rings (SSSR count). The van der Waals surface area contributed by atoms with Crippen LogP contribution in [0.3, 0.4) is 0 Å². The molecule has 0 aromatic carbocycles. The Hall–Kier alpha value is -2.58. The third-order valence-electron chi connectivity index (χ3n) is 4.37. The number of carbonyl (C=O) groups is 1. The van der Waals surface area contributed by atoms with E-state index in [1.807, 2.05) is 35.0 Å². The smallest absolute Gasteiger partial charge is 0.234 e. The van der Waals surface area contributed by atoms with Crippen LogP contribution in [0.15, 0.2) is 43.0 Å². The number of aliphatic hydroxyl groups excluding tert-OH is 1. The van der Waals surface area contributed by atoms with E-state index in [0.717, 1.165) is 11.5 Å². The second-order valence-corrected chi connectivity index (χ2v) is 6.53. The molecule has 138 valence electrons. The normalized spacial score (nSPS) is 20.2. The van der Waals surface area contributed by atoms with E-state index in [9.17, 15) is 9.90 Å². The SMILES string of the molecule is CN(CC(=O)N[C@@H]1CCN(c2cnccn2)C[C@H]1O)Cc1ccccn1. The summed E-state index contributed by atoms with van der Waals surface area (Å²) in [6, 6.07) is 5.47. The standard InChI is InChI=1S/C18H24N6O2/c1-23(11-14-4-2-3-6-20-14)13-18(26)22-15-5-9-24(12-16(15)25)17-10-19-7-8-21-17/h2-4,6-8,10,15-16,25H,5,9,11-13H2,1H3,(H,22,26)/t15-,16-/m1/s1. The van der Waals surface area contributed by atoms with E-state index >= 15 is 0 Å². The molecule has 1 amide bonds. The van der Waals surface area contributed by atoms with Crippen LogP contribution in [0.5, 0.6) is 0 Å². The quantitative estimate of drug-likeness (QED) is 0.756. The zero-order chi connectivity index (χ0) is 18.4. The van der Waals surface area contributed by atoms with E-state index in [-0.39, 0.29) is 18.5 Å². The van der Waals surface area contributed by atoms with Crippen molar-refractivity contribution >= 4 is 11.7 Å². The third-order valence-corrected chi connectivity index (χ3v) is 4.37. The van der Waals surface area contributed by atoms with Gasteiger partial charge in [0.2, 0.25) is 5.91 Å². The van der Waals surface area contributed by atoms with E-state index in [1.54, 1.807) is 24.8 Å². The van der Waals surface area contributed by atoms with Crippen LogP contribution >= 0.6 is 0 Å². The van der Waals surface area contributed by atoms with Gasteiger partial charge in [-0.25, -0.2) is 4.98 Å². The number of pyridine rings is 1. The summed E-state index contributed by atoms with van der Waals surface area (Å²) in [4.78, 5) is 28.7. The molecule has 1 saturated heterocycles. The molecule has 1 aliphatic rings. The van der Waals surface area contributed by atoms with Crippen molar-refractivity contribution in [3.8, 4) is 0 Å². The molecule has 0 spiro atoms. The average molecular weight is 356 g/mol. The Labute approximate surface area is 152 Å². The molecule has 2 aromatic rings. The van der Waals surface area contributed by atoms with Gasteiger partial charge in [-0.3, -0.25) is 19.7 Å². The maximum Gasteiger partial charge on any atom is 0.234 e. The number of β-amino-alcohol motifs (C(OH)–C–C–N with tert-alkyl or cyclic N) is 1. The van der Waals surface area contributed by atoms with E-state index in [1.165, 1.54) is 0 Å². The minimum Gasteiger partial charge on any atom is -0.389 e. The van der Waals surface area contributed by atoms with Crippen LogP contribution in [0.4, 0.5) is 5.82 Å². The lowest BCUT2D eigenvalue weighted by Crippen LogP contribution is -2.55. The Morgan fingerprint density at radius 2 is 2.23 bits per heavy atom. The third kappa shape index (κ3) is 4.96. The van der Waals surface area contributed by atoms with Gasteiger partial charge in [0.05, 0.1) is 30.6 Å². The van der Waals surface area contributed by atoms with Gasteiger partial charge < -0.3 is 15.3 Å². The minimum atomic E-state index is -0.643. The fourth-order valence-electron chi connectivity index (χ4n) is 3.08. The molecule has 2 aromatic heterocycles. The number of aliphatic hydroxyl groups is 1. The van der Waals surface area contributed by atoms with Gasteiger partial charge in [-0.2, -0.15) is 0 Å². The zero-order valence-electron chi connectivity index (χ0n) is 14.8. The summed E-state index contributed by atoms with van der Waals surface area (Å²) in [6.45, 7) is 1.99. The first kappa shape index (κ1) is 18.2. The number of amides is 1. The van der Waals surface area contributed by atoms with E-state index in [0.29, 0.717) is 26.1 Å². The Morgan fingerprint density at radius 1 is 1.35 bits per heavy atom. The Kier molecular flexibility index (Phi) is 6.08. The van der Waals surface area contributed by atoms with Gasteiger partial charge in [-0.05, 0) is 25.6 Å². The van der Waals surface area contributed by atoms with Gasteiger partial charge in [-0.1, -0.05) is 6.07 Å². The number of hydrogen-bond acceptors (Lipinski definition) is 7. The summed E-state index contributed by atoms with van der Waals surface area (Å²) in [5.74, 6) is 0.645. The first-order valence-electron chi connectivity index (χ1n) is 8.68. The van der Waals surface area contributed by atoms with Crippen molar-refractivity contribution in [2.24, 2.45) is 0 Å². The molecule has 0 bridgehead atoms. The van der Waals surface area contributed by atoms with E-state index in [4.69, 9.17) is 0 Å². The predicted octanol–water partition coefficient (Wildman–Crippen LogP) is 0.0594. The van der Waals surface area contributed by atoms with Crippen LogP contribution < -0.4 is 10.2 Å². The summed E-state index contributed by atoms with van der Waals surface area (Å²) < 4.78 is 0. The second kappa shape index (κ2) is 8.68. The summed E-state index contributed by atoms with van der Waals surface area (Å²) in [5, 5.41) is 13.3. The maximum absolute atomic E-state index is 12.3. The van der Waals surface area contributed by atoms with Gasteiger partial charge in [0, 0.05) is 38.2 Å². The highest BCUT2D eigenvalue weighted by atomic mass is 16.3. The summed E-state index contributed by atoms with van der Waals surface area (Å²) >= 11 is 0. The fraction of sp³-hybridized carbons (Fsp3) is 0.444. The highest BCUT2D eigenvalue weighted by Crippen LogP contribution is 2.17. The lowest BCUT2D eigenvalue weighted by molar-refractivity contribution is -0.123. The molecular weight excluding hydrogens is 332 g/mol. The molecule has 1 fully saturated rings. The molecule has 1 aliphatic heterocycles. The molecule has 2 N–H and O–H groups in total. The molecular formula is C18H24N6O2. The Bertz CT molecular complexity index is 699. The van der Waals surface area contributed by atoms with Gasteiger partial charge in [0.1, 0.15) is 5.82 Å². The van der Waals surface area contributed by atoms with Gasteiger partial charge in [0.25, 0.3) is 0 Å². The van der Waals surface area contributed by atoms with Crippen molar-refractivity contribution in [1.29, 1.82) is 0 Å². The molecule has 0 radical (unpaired) electrons. The first-order chi connectivity index (χ1) is 12.6. The zero-order valence-corrected chi connectivity index (χ0v) is 14.8. The number of anilines is 1. The van der Waals surface area contributed by atoms with Crippen LogP contribution in [-0.2, 0) is 11.3 Å². The largest absolute Gasteiger partial charge is 0.389 e. The van der Waals surface area contributed by atoms with Crippen LogP contribution in [0.25, 0.3) is 0 Å². The van der Waals surface area contributed by atoms with Crippen molar-refractivity contribution < 1.29 is 9.90 Å². The van der Waals surface area contributed by atoms with Crippen LogP contribution in [0.1, 0.15) is 12.1 Å². The van der Waals surface area contributed by atoms with Gasteiger partial charge in [0.15, 0.2) is 0 Å². The average Bonchev–Trinajstić information content (AvgIpc) is 2.65. The second-order valence-electron chi connectivity index (χ2n) is 6.53. The number of carbonyl (C=O) groups excluding carboxylic acids is 1. The van der Waals surface area contributed by atoms with Crippen LogP contribution in [0.2, 0.25) is 0 Å². The van der Waals surface area contributed by atoms with Gasteiger partial charge in [-0.15, -0.1) is 0 Å². The van der Waals surface area contributed by atoms with Crippen molar-refractivity contribution in [3.63, 3.8) is 0 Å². The molecule has 0 aliphatic carbocycles. The summed E-state index contributed by atoms with van der Waals surface area (Å²) in [5.41, 5.74) is 0.917. The van der Waals surface area contributed by atoms with Gasteiger partial charge >= 0.3 is 0 Å².